The van der Waals surface area contributed by atoms with Crippen molar-refractivity contribution in [2.24, 2.45) is 0 Å². The molecule has 0 spiro atoms. The highest BCUT2D eigenvalue weighted by molar-refractivity contribution is 6.46. The minimum Gasteiger partial charge on any atom is -0.507 e. The van der Waals surface area contributed by atoms with Crippen LogP contribution in [0.25, 0.3) is 5.76 Å². The Labute approximate surface area is 199 Å². The number of carbonyl (C=O) groups excluding carboxylic acids is 3. The number of hydrogen-bond donors (Lipinski definition) is 2. The second-order valence-electron chi connectivity index (χ2n) is 8.15. The van der Waals surface area contributed by atoms with Gasteiger partial charge in [0.2, 0.25) is 0 Å². The van der Waals surface area contributed by atoms with Crippen LogP contribution < -0.4 is 0 Å². The number of aromatic nitrogens is 2. The van der Waals surface area contributed by atoms with E-state index in [2.05, 4.69) is 14.9 Å². The van der Waals surface area contributed by atoms with Crippen LogP contribution in [0.3, 0.4) is 0 Å². The van der Waals surface area contributed by atoms with Gasteiger partial charge in [-0.05, 0) is 51.1 Å². The van der Waals surface area contributed by atoms with Crippen LogP contribution in [0.2, 0.25) is 0 Å². The highest BCUT2D eigenvalue weighted by atomic mass is 16.5. The predicted octanol–water partition coefficient (Wildman–Crippen LogP) is 2.97. The molecule has 1 saturated heterocycles. The quantitative estimate of drug-likeness (QED) is 0.252. The molecular weight excluding hydrogens is 436 g/mol. The van der Waals surface area contributed by atoms with E-state index in [0.29, 0.717) is 35.5 Å². The number of carbonyl (C=O) groups is 3. The summed E-state index contributed by atoms with van der Waals surface area (Å²) in [5, 5.41) is 11.4. The molecule has 0 aliphatic carbocycles. The van der Waals surface area contributed by atoms with Crippen molar-refractivity contribution in [3.05, 3.63) is 58.2 Å². The Morgan fingerprint density at radius 2 is 1.94 bits per heavy atom. The second kappa shape index (κ2) is 10.6. The Hall–Kier alpha value is -3.46. The number of rotatable bonds is 9. The van der Waals surface area contributed by atoms with E-state index in [9.17, 15) is 19.5 Å². The maximum absolute atomic E-state index is 13.2. The van der Waals surface area contributed by atoms with E-state index >= 15 is 0 Å². The van der Waals surface area contributed by atoms with E-state index in [1.54, 1.807) is 45.3 Å². The fraction of sp³-hybridized carbons (Fsp3) is 0.440. The van der Waals surface area contributed by atoms with Crippen LogP contribution in [0, 0.1) is 13.8 Å². The lowest BCUT2D eigenvalue weighted by molar-refractivity contribution is -0.140. The van der Waals surface area contributed by atoms with E-state index in [-0.39, 0.29) is 23.6 Å². The van der Waals surface area contributed by atoms with Crippen LogP contribution in [0.15, 0.2) is 30.1 Å². The molecule has 182 valence electrons. The zero-order chi connectivity index (χ0) is 25.0. The van der Waals surface area contributed by atoms with E-state index in [1.165, 1.54) is 4.90 Å². The first-order valence-electron chi connectivity index (χ1n) is 11.5. The van der Waals surface area contributed by atoms with Gasteiger partial charge in [0.15, 0.2) is 0 Å². The average molecular weight is 469 g/mol. The summed E-state index contributed by atoms with van der Waals surface area (Å²) in [6.07, 6.45) is 3.20. The number of Topliss-reactive ketones (excluding diaryl/α,β-unsaturated/α-hetero) is 1. The van der Waals surface area contributed by atoms with Gasteiger partial charge in [-0.2, -0.15) is 0 Å². The highest BCUT2D eigenvalue weighted by Gasteiger charge is 2.46. The molecule has 34 heavy (non-hydrogen) atoms. The molecule has 1 amide bonds. The number of H-pyrrole nitrogens is 1. The molecule has 1 atom stereocenters. The summed E-state index contributed by atoms with van der Waals surface area (Å²) in [5.41, 5.74) is 2.08. The van der Waals surface area contributed by atoms with E-state index in [0.717, 1.165) is 13.1 Å². The van der Waals surface area contributed by atoms with E-state index < -0.39 is 23.7 Å². The lowest BCUT2D eigenvalue weighted by Gasteiger charge is -2.28. The third-order valence-corrected chi connectivity index (χ3v) is 6.25. The van der Waals surface area contributed by atoms with E-state index in [4.69, 9.17) is 4.74 Å². The number of nitrogens with zero attached hydrogens (tertiary/aromatic N) is 3. The number of ether oxygens (including phenoxy) is 1. The molecule has 1 aliphatic rings. The molecular formula is C25H32N4O5. The highest BCUT2D eigenvalue weighted by Crippen LogP contribution is 2.40. The summed E-state index contributed by atoms with van der Waals surface area (Å²) >= 11 is 0. The number of amides is 1. The van der Waals surface area contributed by atoms with Gasteiger partial charge in [0, 0.05) is 36.7 Å². The fourth-order valence-electron chi connectivity index (χ4n) is 4.43. The maximum Gasteiger partial charge on any atom is 0.355 e. The second-order valence-corrected chi connectivity index (χ2v) is 8.15. The van der Waals surface area contributed by atoms with Gasteiger partial charge in [0.25, 0.3) is 11.7 Å². The fourth-order valence-corrected chi connectivity index (χ4v) is 4.43. The summed E-state index contributed by atoms with van der Waals surface area (Å²) in [5.74, 6) is -2.30. The molecule has 0 bridgehead atoms. The number of ketones is 1. The Morgan fingerprint density at radius 1 is 1.24 bits per heavy atom. The van der Waals surface area contributed by atoms with Crippen molar-refractivity contribution >= 4 is 23.4 Å². The molecule has 0 radical (unpaired) electrons. The first kappa shape index (κ1) is 25.2. The van der Waals surface area contributed by atoms with Gasteiger partial charge >= 0.3 is 5.97 Å². The molecule has 1 aliphatic heterocycles. The summed E-state index contributed by atoms with van der Waals surface area (Å²) < 4.78 is 5.09. The Bertz CT molecular complexity index is 1100. The van der Waals surface area contributed by atoms with Gasteiger partial charge < -0.3 is 24.6 Å². The zero-order valence-electron chi connectivity index (χ0n) is 20.3. The smallest absolute Gasteiger partial charge is 0.355 e. The number of aliphatic hydroxyl groups excluding tert-OH is 1. The number of aromatic amines is 1. The molecule has 1 unspecified atom stereocenters. The van der Waals surface area contributed by atoms with Crippen molar-refractivity contribution in [2.75, 3.05) is 32.8 Å². The molecule has 2 N–H and O–H groups in total. The van der Waals surface area contributed by atoms with Gasteiger partial charge in [-0.25, -0.2) is 4.79 Å². The third-order valence-electron chi connectivity index (χ3n) is 6.25. The first-order chi connectivity index (χ1) is 16.3. The number of pyridine rings is 1. The first-order valence-corrected chi connectivity index (χ1v) is 11.5. The average Bonchev–Trinajstić information content (AvgIpc) is 3.27. The Balaban J connectivity index is 2.14. The van der Waals surface area contributed by atoms with Gasteiger partial charge in [-0.15, -0.1) is 0 Å². The number of likely N-dealkylation sites (tertiary alicyclic amines) is 1. The number of aliphatic hydroxyl groups is 1. The number of aryl methyl sites for hydroxylation is 1. The summed E-state index contributed by atoms with van der Waals surface area (Å²) in [6.45, 7) is 11.9. The molecule has 3 rings (SSSR count). The summed E-state index contributed by atoms with van der Waals surface area (Å²) in [6, 6.07) is 2.72. The minimum atomic E-state index is -0.788. The Morgan fingerprint density at radius 3 is 2.53 bits per heavy atom. The SMILES string of the molecule is CCOC(=O)c1[nH]c(C)c(/C(O)=C2\C(=O)C(=O)N(CCN(CC)CC)C2c2cccnc2)c1C. The van der Waals surface area contributed by atoms with Crippen LogP contribution in [-0.4, -0.2) is 75.3 Å². The zero-order valence-corrected chi connectivity index (χ0v) is 20.3. The van der Waals surface area contributed by atoms with Gasteiger partial charge in [0.1, 0.15) is 11.5 Å². The molecule has 1 fully saturated rings. The van der Waals surface area contributed by atoms with Crippen LogP contribution in [0.1, 0.15) is 59.7 Å². The monoisotopic (exact) mass is 468 g/mol. The number of likely N-dealkylation sites (N-methyl/N-ethyl adjacent to an activating group) is 1. The van der Waals surface area contributed by atoms with Crippen molar-refractivity contribution < 1.29 is 24.2 Å². The minimum absolute atomic E-state index is 0.0156. The standard InChI is InChI=1S/C25H32N4O5/c1-6-28(7-2)12-13-29-21(17-10-9-11-26-14-17)19(23(31)24(29)32)22(30)18-15(4)20(27-16(18)5)25(33)34-8-3/h9-11,14,21,27,30H,6-8,12-13H2,1-5H3/b22-19+. The van der Waals surface area contributed by atoms with Crippen LogP contribution >= 0.6 is 0 Å². The largest absolute Gasteiger partial charge is 0.507 e. The lowest BCUT2D eigenvalue weighted by Crippen LogP contribution is -2.38. The van der Waals surface area contributed by atoms with Crippen molar-refractivity contribution in [3.63, 3.8) is 0 Å². The van der Waals surface area contributed by atoms with Gasteiger partial charge in [-0.1, -0.05) is 19.9 Å². The topological polar surface area (TPSA) is 116 Å². The summed E-state index contributed by atoms with van der Waals surface area (Å²) in [4.78, 5) is 49.4. The maximum atomic E-state index is 13.2. The lowest BCUT2D eigenvalue weighted by atomic mass is 9.95. The van der Waals surface area contributed by atoms with Crippen molar-refractivity contribution in [1.29, 1.82) is 0 Å². The normalized spacial score (nSPS) is 17.6. The number of esters is 1. The number of hydrogen-bond acceptors (Lipinski definition) is 7. The van der Waals surface area contributed by atoms with Gasteiger partial charge in [-0.3, -0.25) is 14.6 Å². The summed E-state index contributed by atoms with van der Waals surface area (Å²) in [7, 11) is 0. The van der Waals surface area contributed by atoms with Crippen LogP contribution in [0.4, 0.5) is 0 Å². The van der Waals surface area contributed by atoms with Crippen molar-refractivity contribution in [2.45, 2.75) is 40.7 Å². The Kier molecular flexibility index (Phi) is 7.88. The van der Waals surface area contributed by atoms with Crippen molar-refractivity contribution in [1.82, 2.24) is 19.8 Å². The number of nitrogens with one attached hydrogen (secondary N) is 1. The predicted molar refractivity (Wildman–Crippen MR) is 127 cm³/mol. The molecule has 0 saturated carbocycles. The molecule has 9 heteroatoms. The third kappa shape index (κ3) is 4.61. The van der Waals surface area contributed by atoms with Crippen LogP contribution in [-0.2, 0) is 14.3 Å². The molecule has 9 nitrogen and oxygen atoms in total. The molecule has 2 aromatic rings. The van der Waals surface area contributed by atoms with Crippen molar-refractivity contribution in [3.8, 4) is 0 Å². The van der Waals surface area contributed by atoms with Crippen LogP contribution in [0.5, 0.6) is 0 Å². The molecule has 0 aromatic carbocycles. The van der Waals surface area contributed by atoms with E-state index in [1.807, 2.05) is 13.8 Å². The molecule has 2 aromatic heterocycles. The molecule has 3 heterocycles. The van der Waals surface area contributed by atoms with Gasteiger partial charge in [0.05, 0.1) is 18.2 Å².